The summed E-state index contributed by atoms with van der Waals surface area (Å²) in [6.45, 7) is 0.751. The van der Waals surface area contributed by atoms with Gasteiger partial charge >= 0.3 is 0 Å². The van der Waals surface area contributed by atoms with Crippen molar-refractivity contribution < 1.29 is 4.74 Å². The minimum atomic E-state index is 0.215. The number of hydrogen-bond donors (Lipinski definition) is 1. The van der Waals surface area contributed by atoms with E-state index in [2.05, 4.69) is 9.97 Å². The molecule has 1 rings (SSSR count). The van der Waals surface area contributed by atoms with Crippen molar-refractivity contribution in [2.24, 2.45) is 0 Å². The molecule has 0 radical (unpaired) electrons. The zero-order chi connectivity index (χ0) is 10.4. The summed E-state index contributed by atoms with van der Waals surface area (Å²) in [5.41, 5.74) is 5.45. The summed E-state index contributed by atoms with van der Waals surface area (Å²) in [7, 11) is 1.68. The van der Waals surface area contributed by atoms with E-state index in [1.54, 1.807) is 24.9 Å². The molecule has 0 bridgehead atoms. The molecular weight excluding hydrogens is 222 g/mol. The molecule has 1 aromatic heterocycles. The topological polar surface area (TPSA) is 61.0 Å². The molecule has 0 saturated carbocycles. The zero-order valence-electron chi connectivity index (χ0n) is 7.86. The molecule has 78 valence electrons. The van der Waals surface area contributed by atoms with Gasteiger partial charge in [-0.25, -0.2) is 9.97 Å². The van der Waals surface area contributed by atoms with Crippen LogP contribution < -0.4 is 5.73 Å². The molecule has 0 unspecified atom stereocenters. The first-order chi connectivity index (χ1) is 6.72. The van der Waals surface area contributed by atoms with Gasteiger partial charge in [0.05, 0.1) is 0 Å². The molecule has 0 saturated heterocycles. The van der Waals surface area contributed by atoms with Crippen LogP contribution in [0.2, 0.25) is 5.15 Å². The molecule has 0 aliphatic heterocycles. The molecule has 1 aromatic rings. The molecule has 0 atom stereocenters. The van der Waals surface area contributed by atoms with Gasteiger partial charge in [-0.3, -0.25) is 0 Å². The Kier molecular flexibility index (Phi) is 5.00. The average Bonchev–Trinajstić information content (AvgIpc) is 2.11. The first-order valence-electron chi connectivity index (χ1n) is 4.14. The minimum Gasteiger partial charge on any atom is -0.385 e. The van der Waals surface area contributed by atoms with Crippen molar-refractivity contribution in [2.45, 2.75) is 11.4 Å². The number of ether oxygens (including phenoxy) is 1. The predicted octanol–water partition coefficient (Wildman–Crippen LogP) is 1.84. The van der Waals surface area contributed by atoms with Crippen molar-refractivity contribution in [3.05, 3.63) is 11.2 Å². The van der Waals surface area contributed by atoms with Crippen LogP contribution in [0.25, 0.3) is 0 Å². The predicted molar refractivity (Wildman–Crippen MR) is 58.7 cm³/mol. The van der Waals surface area contributed by atoms with E-state index in [1.165, 1.54) is 0 Å². The molecule has 0 aliphatic rings. The van der Waals surface area contributed by atoms with Crippen molar-refractivity contribution in [2.75, 3.05) is 25.2 Å². The van der Waals surface area contributed by atoms with Gasteiger partial charge in [0, 0.05) is 25.5 Å². The van der Waals surface area contributed by atoms with Crippen molar-refractivity contribution in [1.29, 1.82) is 0 Å². The smallest absolute Gasteiger partial charge is 0.222 e. The van der Waals surface area contributed by atoms with E-state index in [0.29, 0.717) is 5.15 Å². The summed E-state index contributed by atoms with van der Waals surface area (Å²) >= 11 is 7.31. The summed E-state index contributed by atoms with van der Waals surface area (Å²) in [5.74, 6) is 1.15. The number of hydrogen-bond acceptors (Lipinski definition) is 5. The van der Waals surface area contributed by atoms with Gasteiger partial charge in [0.2, 0.25) is 5.95 Å². The second-order valence-corrected chi connectivity index (χ2v) is 4.08. The van der Waals surface area contributed by atoms with E-state index in [0.717, 1.165) is 23.8 Å². The van der Waals surface area contributed by atoms with E-state index in [9.17, 15) is 0 Å². The van der Waals surface area contributed by atoms with Crippen LogP contribution in [0.5, 0.6) is 0 Å². The average molecular weight is 234 g/mol. The van der Waals surface area contributed by atoms with Crippen LogP contribution in [0, 0.1) is 0 Å². The van der Waals surface area contributed by atoms with Crippen LogP contribution in [-0.2, 0) is 4.74 Å². The second kappa shape index (κ2) is 6.06. The van der Waals surface area contributed by atoms with Crippen LogP contribution in [0.15, 0.2) is 11.1 Å². The van der Waals surface area contributed by atoms with Crippen LogP contribution in [0.1, 0.15) is 6.42 Å². The largest absolute Gasteiger partial charge is 0.385 e. The quantitative estimate of drug-likeness (QED) is 0.478. The molecule has 6 heteroatoms. The van der Waals surface area contributed by atoms with Gasteiger partial charge < -0.3 is 10.5 Å². The first-order valence-corrected chi connectivity index (χ1v) is 5.50. The van der Waals surface area contributed by atoms with Crippen LogP contribution >= 0.6 is 23.4 Å². The lowest BCUT2D eigenvalue weighted by Gasteiger charge is -2.01. The Labute approximate surface area is 92.2 Å². The minimum absolute atomic E-state index is 0.215. The number of methoxy groups -OCH3 is 1. The fourth-order valence-corrected chi connectivity index (χ4v) is 1.95. The number of thioether (sulfide) groups is 1. The Morgan fingerprint density at radius 3 is 3.00 bits per heavy atom. The fourth-order valence-electron chi connectivity index (χ4n) is 0.868. The number of halogens is 1. The Morgan fingerprint density at radius 2 is 2.36 bits per heavy atom. The number of nitrogens with two attached hydrogens (primary N) is 1. The second-order valence-electron chi connectivity index (χ2n) is 2.58. The number of rotatable bonds is 5. The molecule has 0 aliphatic carbocycles. The maximum atomic E-state index is 5.72. The molecule has 2 N–H and O–H groups in total. The molecule has 0 aromatic carbocycles. The third-order valence-electron chi connectivity index (χ3n) is 1.43. The van der Waals surface area contributed by atoms with Gasteiger partial charge in [0.25, 0.3) is 0 Å². The van der Waals surface area contributed by atoms with Gasteiger partial charge in [-0.1, -0.05) is 11.6 Å². The van der Waals surface area contributed by atoms with Crippen LogP contribution in [0.4, 0.5) is 5.95 Å². The van der Waals surface area contributed by atoms with Gasteiger partial charge in [-0.2, -0.15) is 0 Å². The Hall–Kier alpha value is -0.520. The molecule has 4 nitrogen and oxygen atoms in total. The third-order valence-corrected chi connectivity index (χ3v) is 2.62. The third kappa shape index (κ3) is 4.13. The number of aromatic nitrogens is 2. The maximum Gasteiger partial charge on any atom is 0.222 e. The summed E-state index contributed by atoms with van der Waals surface area (Å²) in [4.78, 5) is 7.81. The van der Waals surface area contributed by atoms with E-state index in [1.807, 2.05) is 0 Å². The Morgan fingerprint density at radius 1 is 1.57 bits per heavy atom. The van der Waals surface area contributed by atoms with Gasteiger partial charge in [-0.05, 0) is 6.42 Å². The van der Waals surface area contributed by atoms with Crippen molar-refractivity contribution in [3.63, 3.8) is 0 Å². The summed E-state index contributed by atoms with van der Waals surface area (Å²) in [5, 5.41) is 1.19. The number of nitrogen functional groups attached to an aromatic ring is 1. The van der Waals surface area contributed by atoms with Crippen LogP contribution in [-0.4, -0.2) is 29.4 Å². The van der Waals surface area contributed by atoms with E-state index in [4.69, 9.17) is 22.1 Å². The normalized spacial score (nSPS) is 10.4. The monoisotopic (exact) mass is 233 g/mol. The highest BCUT2D eigenvalue weighted by Gasteiger charge is 2.00. The summed E-state index contributed by atoms with van der Waals surface area (Å²) in [6, 6.07) is 1.70. The standard InChI is InChI=1S/C8H12ClN3OS/c1-13-3-2-4-14-7-5-6(9)11-8(10)12-7/h5H,2-4H2,1H3,(H2,10,11,12). The lowest BCUT2D eigenvalue weighted by Crippen LogP contribution is -1.97. The highest BCUT2D eigenvalue weighted by molar-refractivity contribution is 7.99. The summed E-state index contributed by atoms with van der Waals surface area (Å²) in [6.07, 6.45) is 0.975. The van der Waals surface area contributed by atoms with Crippen molar-refractivity contribution in [3.8, 4) is 0 Å². The van der Waals surface area contributed by atoms with E-state index >= 15 is 0 Å². The Bertz CT molecular complexity index is 278. The summed E-state index contributed by atoms with van der Waals surface area (Å²) < 4.78 is 4.93. The zero-order valence-corrected chi connectivity index (χ0v) is 9.44. The van der Waals surface area contributed by atoms with Crippen molar-refractivity contribution in [1.82, 2.24) is 9.97 Å². The molecular formula is C8H12ClN3OS. The first kappa shape index (κ1) is 11.6. The lowest BCUT2D eigenvalue weighted by molar-refractivity contribution is 0.200. The Balaban J connectivity index is 2.42. The van der Waals surface area contributed by atoms with Crippen molar-refractivity contribution >= 4 is 29.3 Å². The highest BCUT2D eigenvalue weighted by atomic mass is 35.5. The fraction of sp³-hybridized carbons (Fsp3) is 0.500. The SMILES string of the molecule is COCCCSc1cc(Cl)nc(N)n1. The highest BCUT2D eigenvalue weighted by Crippen LogP contribution is 2.19. The number of nitrogens with zero attached hydrogens (tertiary/aromatic N) is 2. The van der Waals surface area contributed by atoms with Gasteiger partial charge in [0.1, 0.15) is 10.2 Å². The lowest BCUT2D eigenvalue weighted by atomic mass is 10.5. The van der Waals surface area contributed by atoms with Gasteiger partial charge in [-0.15, -0.1) is 11.8 Å². The molecule has 1 heterocycles. The van der Waals surface area contributed by atoms with Gasteiger partial charge in [0.15, 0.2) is 0 Å². The van der Waals surface area contributed by atoms with E-state index < -0.39 is 0 Å². The van der Waals surface area contributed by atoms with Crippen LogP contribution in [0.3, 0.4) is 0 Å². The molecule has 0 fully saturated rings. The van der Waals surface area contributed by atoms with E-state index in [-0.39, 0.29) is 5.95 Å². The maximum absolute atomic E-state index is 5.72. The molecule has 14 heavy (non-hydrogen) atoms. The number of anilines is 1. The molecule has 0 amide bonds. The molecule has 0 spiro atoms.